The van der Waals surface area contributed by atoms with Gasteiger partial charge in [0, 0.05) is 31.0 Å². The molecular weight excluding hydrogens is 565 g/mol. The number of alkyl halides is 3. The maximum absolute atomic E-state index is 13.0. The summed E-state index contributed by atoms with van der Waals surface area (Å²) < 4.78 is 86.5. The van der Waals surface area contributed by atoms with E-state index in [1.807, 2.05) is 11.6 Å². The number of pyridine rings is 1. The van der Waals surface area contributed by atoms with Crippen LogP contribution in [0.4, 0.5) is 13.2 Å². The molecule has 1 aromatic heterocycles. The molecule has 0 fully saturated rings. The van der Waals surface area contributed by atoms with Gasteiger partial charge < -0.3 is 18.9 Å². The molecule has 0 aliphatic rings. The highest BCUT2D eigenvalue weighted by Crippen LogP contribution is 2.36. The van der Waals surface area contributed by atoms with Crippen LogP contribution >= 0.6 is 11.6 Å². The van der Waals surface area contributed by atoms with Crippen molar-refractivity contribution in [1.29, 1.82) is 0 Å². The van der Waals surface area contributed by atoms with Crippen LogP contribution in [-0.4, -0.2) is 58.6 Å². The topological polar surface area (TPSA) is 113 Å². The zero-order valence-corrected chi connectivity index (χ0v) is 23.0. The van der Waals surface area contributed by atoms with Crippen molar-refractivity contribution < 1.29 is 45.3 Å². The van der Waals surface area contributed by atoms with Crippen LogP contribution in [0.15, 0.2) is 36.5 Å². The number of hydrogen-bond donors (Lipinski definition) is 1. The van der Waals surface area contributed by atoms with Crippen LogP contribution in [0.25, 0.3) is 6.08 Å². The average Bonchev–Trinajstić information content (AvgIpc) is 2.86. The lowest BCUT2D eigenvalue weighted by atomic mass is 10.1. The lowest BCUT2D eigenvalue weighted by molar-refractivity contribution is -0.137. The van der Waals surface area contributed by atoms with Gasteiger partial charge in [-0.15, -0.1) is 0 Å². The first kappa shape index (κ1) is 32.3. The van der Waals surface area contributed by atoms with E-state index in [9.17, 15) is 26.4 Å². The minimum atomic E-state index is -4.65. The van der Waals surface area contributed by atoms with Crippen LogP contribution in [0, 0.1) is 0 Å². The van der Waals surface area contributed by atoms with Crippen molar-refractivity contribution in [2.75, 3.05) is 39.3 Å². The van der Waals surface area contributed by atoms with Crippen LogP contribution in [-0.2, 0) is 30.5 Å². The number of rotatable bonds is 16. The first-order chi connectivity index (χ1) is 18.4. The lowest BCUT2D eigenvalue weighted by Crippen LogP contribution is -2.31. The second-order valence-corrected chi connectivity index (χ2v) is 10.3. The van der Waals surface area contributed by atoms with Crippen molar-refractivity contribution in [2.24, 2.45) is 0 Å². The van der Waals surface area contributed by atoms with Gasteiger partial charge in [0.05, 0.1) is 31.1 Å². The lowest BCUT2D eigenvalue weighted by Gasteiger charge is -2.14. The number of nitrogens with zero attached hydrogens (tertiary/aromatic N) is 1. The first-order valence-electron chi connectivity index (χ1n) is 11.9. The highest BCUT2D eigenvalue weighted by atomic mass is 35.5. The summed E-state index contributed by atoms with van der Waals surface area (Å²) in [5, 5.41) is -0.395. The largest absolute Gasteiger partial charge is 0.491 e. The van der Waals surface area contributed by atoms with Crippen LogP contribution in [0.3, 0.4) is 0 Å². The van der Waals surface area contributed by atoms with Crippen molar-refractivity contribution in [1.82, 2.24) is 9.71 Å². The van der Waals surface area contributed by atoms with E-state index in [1.165, 1.54) is 18.2 Å². The molecule has 0 spiro atoms. The van der Waals surface area contributed by atoms with Crippen molar-refractivity contribution in [3.05, 3.63) is 52.7 Å². The predicted molar refractivity (Wildman–Crippen MR) is 139 cm³/mol. The number of unbranched alkanes of at least 4 members (excludes halogenated alkanes) is 2. The molecule has 0 atom stereocenters. The number of sulfonamides is 1. The highest BCUT2D eigenvalue weighted by Gasteiger charge is 2.32. The molecule has 2 rings (SSSR count). The molecule has 0 saturated heterocycles. The molecule has 0 unspecified atom stereocenters. The van der Waals surface area contributed by atoms with Crippen molar-refractivity contribution in [2.45, 2.75) is 32.4 Å². The summed E-state index contributed by atoms with van der Waals surface area (Å²) in [5.74, 6) is -1.02. The predicted octanol–water partition coefficient (Wildman–Crippen LogP) is 5.24. The molecule has 14 heteroatoms. The summed E-state index contributed by atoms with van der Waals surface area (Å²) in [5.41, 5.74) is -0.780. The van der Waals surface area contributed by atoms with E-state index in [0.717, 1.165) is 12.5 Å². The monoisotopic (exact) mass is 594 g/mol. The number of amides is 1. The maximum atomic E-state index is 13.0. The fourth-order valence-electron chi connectivity index (χ4n) is 3.00. The first-order valence-corrected chi connectivity index (χ1v) is 13.9. The molecule has 1 heterocycles. The highest BCUT2D eigenvalue weighted by molar-refractivity contribution is 7.90. The number of nitrogens with one attached hydrogen (secondary N) is 1. The van der Waals surface area contributed by atoms with Gasteiger partial charge in [0.1, 0.15) is 23.1 Å². The summed E-state index contributed by atoms with van der Waals surface area (Å²) in [4.78, 5) is 15.9. The SMILES string of the molecule is CCCCCS(=O)(=O)NC(=O)/C=C/c1ccc(OCCOCCOC)cc1Oc1ncc(C(F)(F)F)cc1Cl. The molecule has 1 amide bonds. The molecule has 216 valence electrons. The van der Waals surface area contributed by atoms with E-state index in [4.69, 9.17) is 30.5 Å². The fourth-order valence-corrected chi connectivity index (χ4v) is 4.26. The maximum Gasteiger partial charge on any atom is 0.417 e. The number of aromatic nitrogens is 1. The van der Waals surface area contributed by atoms with Crippen molar-refractivity contribution in [3.8, 4) is 17.4 Å². The van der Waals surface area contributed by atoms with E-state index in [-0.39, 0.29) is 36.2 Å². The molecular formula is C25H30ClF3N2O7S. The summed E-state index contributed by atoms with van der Waals surface area (Å²) in [6, 6.07) is 5.16. The zero-order valence-electron chi connectivity index (χ0n) is 21.4. The van der Waals surface area contributed by atoms with E-state index in [2.05, 4.69) is 4.98 Å². The van der Waals surface area contributed by atoms with Crippen molar-refractivity contribution >= 4 is 33.6 Å². The Kier molecular flexibility index (Phi) is 13.0. The number of carbonyl (C=O) groups is 1. The van der Waals surface area contributed by atoms with Gasteiger partial charge in [0.25, 0.3) is 5.91 Å². The fraction of sp³-hybridized carbons (Fsp3) is 0.440. The normalized spacial score (nSPS) is 12.1. The second-order valence-electron chi connectivity index (χ2n) is 8.09. The number of benzene rings is 1. The second kappa shape index (κ2) is 15.7. The number of hydrogen-bond acceptors (Lipinski definition) is 8. The zero-order chi connectivity index (χ0) is 28.9. The molecule has 1 N–H and O–H groups in total. The molecule has 0 saturated carbocycles. The van der Waals surface area contributed by atoms with Gasteiger partial charge in [-0.25, -0.2) is 18.1 Å². The standard InChI is InChI=1S/C25H30ClF3N2O7S/c1-3-4-5-14-39(33,34)31-23(32)9-7-18-6-8-20(37-13-12-36-11-10-35-2)16-22(18)38-24-21(26)15-19(17-30-24)25(27,28)29/h6-9,15-17H,3-5,10-14H2,1-2H3,(H,31,32)/b9-7+. The Morgan fingerprint density at radius 2 is 1.87 bits per heavy atom. The molecule has 2 aromatic rings. The summed E-state index contributed by atoms with van der Waals surface area (Å²) in [6.07, 6.45) is 0.149. The summed E-state index contributed by atoms with van der Waals surface area (Å²) >= 11 is 5.98. The van der Waals surface area contributed by atoms with Gasteiger partial charge in [-0.3, -0.25) is 4.79 Å². The third-order valence-electron chi connectivity index (χ3n) is 4.94. The van der Waals surface area contributed by atoms with Crippen LogP contribution in [0.5, 0.6) is 17.4 Å². The molecule has 39 heavy (non-hydrogen) atoms. The van der Waals surface area contributed by atoms with Crippen LogP contribution in [0.1, 0.15) is 37.3 Å². The third kappa shape index (κ3) is 11.8. The van der Waals surface area contributed by atoms with E-state index in [0.29, 0.717) is 44.1 Å². The number of methoxy groups -OCH3 is 1. The Morgan fingerprint density at radius 1 is 1.13 bits per heavy atom. The molecule has 0 aliphatic carbocycles. The minimum Gasteiger partial charge on any atom is -0.491 e. The smallest absolute Gasteiger partial charge is 0.417 e. The third-order valence-corrected chi connectivity index (χ3v) is 6.55. The Labute approximate surface area is 230 Å². The Hall–Kier alpha value is -2.87. The van der Waals surface area contributed by atoms with Gasteiger partial charge in [-0.1, -0.05) is 31.4 Å². The molecule has 0 bridgehead atoms. The van der Waals surface area contributed by atoms with Gasteiger partial charge >= 0.3 is 6.18 Å². The van der Waals surface area contributed by atoms with Gasteiger partial charge in [0.2, 0.25) is 15.9 Å². The molecule has 9 nitrogen and oxygen atoms in total. The molecule has 0 radical (unpaired) electrons. The Bertz CT molecular complexity index is 1220. The number of halogens is 4. The van der Waals surface area contributed by atoms with Crippen LogP contribution < -0.4 is 14.2 Å². The van der Waals surface area contributed by atoms with Crippen molar-refractivity contribution in [3.63, 3.8) is 0 Å². The van der Waals surface area contributed by atoms with E-state index in [1.54, 1.807) is 13.2 Å². The summed E-state index contributed by atoms with van der Waals surface area (Å²) in [6.45, 7) is 3.17. The van der Waals surface area contributed by atoms with Gasteiger partial charge in [0.15, 0.2) is 0 Å². The average molecular weight is 595 g/mol. The van der Waals surface area contributed by atoms with Crippen LogP contribution in [0.2, 0.25) is 5.02 Å². The molecule has 0 aliphatic heterocycles. The Morgan fingerprint density at radius 3 is 2.54 bits per heavy atom. The Balaban J connectivity index is 2.23. The minimum absolute atomic E-state index is 0.0387. The summed E-state index contributed by atoms with van der Waals surface area (Å²) in [7, 11) is -2.26. The van der Waals surface area contributed by atoms with Gasteiger partial charge in [-0.05, 0) is 30.7 Å². The van der Waals surface area contributed by atoms with E-state index >= 15 is 0 Å². The molecule has 1 aromatic carbocycles. The number of ether oxygens (including phenoxy) is 4. The quantitative estimate of drug-likeness (QED) is 0.207. The van der Waals surface area contributed by atoms with Gasteiger partial charge in [-0.2, -0.15) is 13.2 Å². The van der Waals surface area contributed by atoms with E-state index < -0.39 is 32.7 Å². The number of carbonyl (C=O) groups excluding carboxylic acids is 1.